The molecule has 2 aliphatic rings. The second-order valence-corrected chi connectivity index (χ2v) is 7.81. The van der Waals surface area contributed by atoms with E-state index in [1.807, 2.05) is 20.8 Å². The fraction of sp³-hybridized carbons (Fsp3) is 0.684. The molecule has 0 bridgehead atoms. The number of amides is 1. The molecule has 1 aromatic heterocycles. The Morgan fingerprint density at radius 2 is 2.04 bits per heavy atom. The smallest absolute Gasteiger partial charge is 0.410 e. The second-order valence-electron chi connectivity index (χ2n) is 7.81. The van der Waals surface area contributed by atoms with Crippen molar-refractivity contribution in [3.63, 3.8) is 0 Å². The zero-order valence-electron chi connectivity index (χ0n) is 15.2. The van der Waals surface area contributed by atoms with Crippen molar-refractivity contribution < 1.29 is 14.3 Å². The molecular weight excluding hydrogens is 304 g/mol. The quantitative estimate of drug-likeness (QED) is 0.829. The van der Waals surface area contributed by atoms with Gasteiger partial charge in [0.25, 0.3) is 0 Å². The summed E-state index contributed by atoms with van der Waals surface area (Å²) in [6.45, 7) is 7.08. The number of methoxy groups -OCH3 is 1. The van der Waals surface area contributed by atoms with Gasteiger partial charge < -0.3 is 14.4 Å². The first-order chi connectivity index (χ1) is 11.4. The van der Waals surface area contributed by atoms with Crippen LogP contribution in [0.25, 0.3) is 0 Å². The van der Waals surface area contributed by atoms with Crippen molar-refractivity contribution in [3.05, 3.63) is 22.9 Å². The summed E-state index contributed by atoms with van der Waals surface area (Å²) >= 11 is 0. The van der Waals surface area contributed by atoms with Gasteiger partial charge >= 0.3 is 6.09 Å². The Hall–Kier alpha value is -1.78. The highest BCUT2D eigenvalue weighted by Crippen LogP contribution is 2.34. The van der Waals surface area contributed by atoms with Gasteiger partial charge in [-0.3, -0.25) is 0 Å². The fourth-order valence-electron chi connectivity index (χ4n) is 3.60. The largest absolute Gasteiger partial charge is 0.481 e. The molecule has 0 N–H and O–H groups in total. The average molecular weight is 332 g/mol. The molecule has 0 radical (unpaired) electrons. The number of ether oxygens (including phenoxy) is 2. The van der Waals surface area contributed by atoms with Crippen molar-refractivity contribution in [1.29, 1.82) is 0 Å². The van der Waals surface area contributed by atoms with Crippen LogP contribution < -0.4 is 4.74 Å². The highest BCUT2D eigenvalue weighted by atomic mass is 16.6. The number of carbonyl (C=O) groups excluding carboxylic acids is 1. The van der Waals surface area contributed by atoms with Crippen molar-refractivity contribution in [3.8, 4) is 5.88 Å². The maximum Gasteiger partial charge on any atom is 0.410 e. The van der Waals surface area contributed by atoms with E-state index < -0.39 is 5.60 Å². The maximum atomic E-state index is 12.3. The summed E-state index contributed by atoms with van der Waals surface area (Å²) in [5.74, 6) is 1.04. The Kier molecular flexibility index (Phi) is 4.70. The molecule has 1 aliphatic heterocycles. The zero-order chi connectivity index (χ0) is 17.3. The fourth-order valence-corrected chi connectivity index (χ4v) is 3.60. The highest BCUT2D eigenvalue weighted by Gasteiger charge is 2.32. The van der Waals surface area contributed by atoms with Gasteiger partial charge in [-0.15, -0.1) is 0 Å². The van der Waals surface area contributed by atoms with Crippen LogP contribution in [0.5, 0.6) is 5.88 Å². The van der Waals surface area contributed by atoms with Gasteiger partial charge in [-0.05, 0) is 64.5 Å². The number of rotatable bonds is 2. The van der Waals surface area contributed by atoms with Gasteiger partial charge in [-0.2, -0.15) is 0 Å². The first kappa shape index (κ1) is 17.1. The number of nitrogens with zero attached hydrogens (tertiary/aromatic N) is 2. The van der Waals surface area contributed by atoms with Gasteiger partial charge in [0.05, 0.1) is 7.11 Å². The van der Waals surface area contributed by atoms with E-state index in [1.165, 1.54) is 24.0 Å². The third-order valence-corrected chi connectivity index (χ3v) is 4.77. The number of aromatic nitrogens is 1. The molecule has 1 aromatic rings. The first-order valence-electron chi connectivity index (χ1n) is 8.92. The number of carbonyl (C=O) groups is 1. The average Bonchev–Trinajstić information content (AvgIpc) is 3.02. The van der Waals surface area contributed by atoms with Crippen LogP contribution in [0.3, 0.4) is 0 Å². The number of pyridine rings is 1. The van der Waals surface area contributed by atoms with Crippen LogP contribution in [0.1, 0.15) is 62.8 Å². The standard InChI is InChI=1S/C19H28N2O3/c1-19(2,3)24-18(22)21-10-9-14(12-21)16-11-13-7-5-6-8-15(13)17(20-16)23-4/h11,14H,5-10,12H2,1-4H3. The summed E-state index contributed by atoms with van der Waals surface area (Å²) in [6.07, 6.45) is 5.29. The van der Waals surface area contributed by atoms with Gasteiger partial charge in [0.2, 0.25) is 5.88 Å². The Bertz CT molecular complexity index is 605. The van der Waals surface area contributed by atoms with Gasteiger partial charge in [-0.1, -0.05) is 0 Å². The molecular formula is C19H28N2O3. The highest BCUT2D eigenvalue weighted by molar-refractivity contribution is 5.68. The van der Waals surface area contributed by atoms with Crippen LogP contribution in [0.2, 0.25) is 0 Å². The van der Waals surface area contributed by atoms with Crippen LogP contribution in [0.15, 0.2) is 6.07 Å². The Balaban J connectivity index is 1.75. The third-order valence-electron chi connectivity index (χ3n) is 4.77. The molecule has 1 aliphatic carbocycles. The Morgan fingerprint density at radius 3 is 2.75 bits per heavy atom. The minimum atomic E-state index is -0.456. The molecule has 1 atom stereocenters. The van der Waals surface area contributed by atoms with Crippen molar-refractivity contribution in [2.75, 3.05) is 20.2 Å². The van der Waals surface area contributed by atoms with Gasteiger partial charge in [0, 0.05) is 30.3 Å². The predicted molar refractivity (Wildman–Crippen MR) is 92.6 cm³/mol. The van der Waals surface area contributed by atoms with Crippen LogP contribution in [0, 0.1) is 0 Å². The minimum absolute atomic E-state index is 0.227. The summed E-state index contributed by atoms with van der Waals surface area (Å²) in [5.41, 5.74) is 3.24. The molecule has 3 rings (SSSR count). The van der Waals surface area contributed by atoms with Crippen molar-refractivity contribution in [2.45, 2.75) is 64.4 Å². The van der Waals surface area contributed by atoms with E-state index in [4.69, 9.17) is 14.5 Å². The lowest BCUT2D eigenvalue weighted by Crippen LogP contribution is -2.35. The molecule has 24 heavy (non-hydrogen) atoms. The molecule has 0 aromatic carbocycles. The van der Waals surface area contributed by atoms with E-state index >= 15 is 0 Å². The van der Waals surface area contributed by atoms with Crippen molar-refractivity contribution >= 4 is 6.09 Å². The summed E-state index contributed by atoms with van der Waals surface area (Å²) in [5, 5.41) is 0. The van der Waals surface area contributed by atoms with E-state index in [2.05, 4.69) is 6.07 Å². The Labute approximate surface area is 144 Å². The number of likely N-dealkylation sites (tertiary alicyclic amines) is 1. The maximum absolute atomic E-state index is 12.3. The molecule has 5 heteroatoms. The Morgan fingerprint density at radius 1 is 1.29 bits per heavy atom. The molecule has 132 valence electrons. The molecule has 1 fully saturated rings. The van der Waals surface area contributed by atoms with E-state index in [0.29, 0.717) is 6.54 Å². The minimum Gasteiger partial charge on any atom is -0.481 e. The lowest BCUT2D eigenvalue weighted by atomic mass is 9.90. The SMILES string of the molecule is COc1nc(C2CCN(C(=O)OC(C)(C)C)C2)cc2c1CCCC2. The topological polar surface area (TPSA) is 51.7 Å². The summed E-state index contributed by atoms with van der Waals surface area (Å²) in [7, 11) is 1.70. The predicted octanol–water partition coefficient (Wildman–Crippen LogP) is 3.69. The number of hydrogen-bond donors (Lipinski definition) is 0. The molecule has 1 amide bonds. The van der Waals surface area contributed by atoms with Crippen LogP contribution >= 0.6 is 0 Å². The number of fused-ring (bicyclic) bond motifs is 1. The molecule has 2 heterocycles. The van der Waals surface area contributed by atoms with Crippen LogP contribution in [-0.2, 0) is 17.6 Å². The first-order valence-corrected chi connectivity index (χ1v) is 8.92. The number of aryl methyl sites for hydroxylation is 1. The van der Waals surface area contributed by atoms with E-state index in [1.54, 1.807) is 12.0 Å². The van der Waals surface area contributed by atoms with Crippen molar-refractivity contribution in [2.24, 2.45) is 0 Å². The van der Waals surface area contributed by atoms with Gasteiger partial charge in [-0.25, -0.2) is 9.78 Å². The third kappa shape index (κ3) is 3.65. The normalized spacial score (nSPS) is 20.7. The molecule has 0 saturated carbocycles. The molecule has 1 saturated heterocycles. The summed E-state index contributed by atoms with van der Waals surface area (Å²) in [6, 6.07) is 2.24. The van der Waals surface area contributed by atoms with Crippen molar-refractivity contribution in [1.82, 2.24) is 9.88 Å². The van der Waals surface area contributed by atoms with Gasteiger partial charge in [0.1, 0.15) is 5.60 Å². The van der Waals surface area contributed by atoms with E-state index in [-0.39, 0.29) is 12.0 Å². The molecule has 5 nitrogen and oxygen atoms in total. The van der Waals surface area contributed by atoms with Gasteiger partial charge in [0.15, 0.2) is 0 Å². The second kappa shape index (κ2) is 6.61. The molecule has 0 spiro atoms. The van der Waals surface area contributed by atoms with Crippen LogP contribution in [-0.4, -0.2) is 41.8 Å². The summed E-state index contributed by atoms with van der Waals surface area (Å²) < 4.78 is 11.0. The van der Waals surface area contributed by atoms with E-state index in [0.717, 1.165) is 37.4 Å². The molecule has 1 unspecified atom stereocenters. The lowest BCUT2D eigenvalue weighted by molar-refractivity contribution is 0.0292. The zero-order valence-corrected chi connectivity index (χ0v) is 15.2. The number of hydrogen-bond acceptors (Lipinski definition) is 4. The monoisotopic (exact) mass is 332 g/mol. The summed E-state index contributed by atoms with van der Waals surface area (Å²) in [4.78, 5) is 18.8. The van der Waals surface area contributed by atoms with E-state index in [9.17, 15) is 4.79 Å². The lowest BCUT2D eigenvalue weighted by Gasteiger charge is -2.24. The van der Waals surface area contributed by atoms with Crippen LogP contribution in [0.4, 0.5) is 4.79 Å².